The summed E-state index contributed by atoms with van der Waals surface area (Å²) in [6.45, 7) is 2.50. The molecule has 2 aliphatic rings. The predicted octanol–water partition coefficient (Wildman–Crippen LogP) is 3.42. The molecule has 0 radical (unpaired) electrons. The van der Waals surface area contributed by atoms with Gasteiger partial charge in [0.1, 0.15) is 0 Å². The summed E-state index contributed by atoms with van der Waals surface area (Å²) in [6.07, 6.45) is 8.46. The van der Waals surface area contributed by atoms with Gasteiger partial charge in [0.25, 0.3) is 0 Å². The van der Waals surface area contributed by atoms with Gasteiger partial charge < -0.3 is 10.6 Å². The van der Waals surface area contributed by atoms with Crippen LogP contribution < -0.4 is 5.73 Å². The Hall–Kier alpha value is -1.02. The number of rotatable bonds is 5. The lowest BCUT2D eigenvalue weighted by atomic mass is 9.94. The summed E-state index contributed by atoms with van der Waals surface area (Å²) >= 11 is 0. The van der Waals surface area contributed by atoms with E-state index in [1.165, 1.54) is 57.2 Å². The molecule has 3 rings (SSSR count). The van der Waals surface area contributed by atoms with E-state index in [4.69, 9.17) is 5.73 Å². The second kappa shape index (κ2) is 5.16. The molecule has 2 saturated carbocycles. The third kappa shape index (κ3) is 2.94. The molecule has 2 N–H and O–H groups in total. The molecule has 0 bridgehead atoms. The summed E-state index contributed by atoms with van der Waals surface area (Å²) in [5.41, 5.74) is 8.58. The number of nitrogen functional groups attached to an aromatic ring is 1. The second-order valence-corrected chi connectivity index (χ2v) is 6.75. The Bertz CT molecular complexity index is 413. The van der Waals surface area contributed by atoms with Crippen molar-refractivity contribution in [3.8, 4) is 0 Å². The molecule has 0 amide bonds. The maximum Gasteiger partial charge on any atom is 0.0314 e. The largest absolute Gasteiger partial charge is 0.399 e. The Labute approximate surface area is 117 Å². The number of anilines is 1. The van der Waals surface area contributed by atoms with Crippen molar-refractivity contribution in [2.24, 2.45) is 5.92 Å². The Morgan fingerprint density at radius 3 is 2.37 bits per heavy atom. The van der Waals surface area contributed by atoms with Crippen LogP contribution in [0.1, 0.15) is 44.1 Å². The molecule has 0 aromatic heterocycles. The molecule has 2 aliphatic carbocycles. The number of nitrogens with two attached hydrogens (primary N) is 1. The van der Waals surface area contributed by atoms with Gasteiger partial charge in [0.05, 0.1) is 0 Å². The Kier molecular flexibility index (Phi) is 3.53. The quantitative estimate of drug-likeness (QED) is 0.820. The van der Waals surface area contributed by atoms with E-state index in [-0.39, 0.29) is 0 Å². The Morgan fingerprint density at radius 1 is 1.16 bits per heavy atom. The lowest BCUT2D eigenvalue weighted by Crippen LogP contribution is -2.32. The predicted molar refractivity (Wildman–Crippen MR) is 81.2 cm³/mol. The molecular weight excluding hydrogens is 232 g/mol. The van der Waals surface area contributed by atoms with E-state index >= 15 is 0 Å². The third-order valence-electron chi connectivity index (χ3n) is 4.99. The zero-order valence-electron chi connectivity index (χ0n) is 12.1. The van der Waals surface area contributed by atoms with Gasteiger partial charge in [-0.2, -0.15) is 0 Å². The van der Waals surface area contributed by atoms with E-state index in [0.717, 1.165) is 11.6 Å². The first-order chi connectivity index (χ1) is 9.18. The number of likely N-dealkylation sites (N-methyl/N-ethyl adjacent to an activating group) is 1. The molecule has 2 heteroatoms. The third-order valence-corrected chi connectivity index (χ3v) is 4.99. The molecule has 2 fully saturated rings. The van der Waals surface area contributed by atoms with Crippen molar-refractivity contribution in [2.45, 2.75) is 43.9 Å². The van der Waals surface area contributed by atoms with E-state index in [1.807, 2.05) is 12.1 Å². The molecule has 104 valence electrons. The minimum atomic E-state index is 0.432. The molecule has 0 heterocycles. The van der Waals surface area contributed by atoms with Crippen molar-refractivity contribution < 1.29 is 0 Å². The highest BCUT2D eigenvalue weighted by atomic mass is 15.1. The van der Waals surface area contributed by atoms with E-state index in [9.17, 15) is 0 Å². The van der Waals surface area contributed by atoms with Gasteiger partial charge in [-0.3, -0.25) is 0 Å². The molecule has 0 unspecified atom stereocenters. The zero-order valence-corrected chi connectivity index (χ0v) is 12.1. The van der Waals surface area contributed by atoms with Crippen molar-refractivity contribution in [3.63, 3.8) is 0 Å². The van der Waals surface area contributed by atoms with E-state index < -0.39 is 0 Å². The number of benzene rings is 1. The van der Waals surface area contributed by atoms with Crippen LogP contribution in [-0.2, 0) is 5.41 Å². The molecule has 0 saturated heterocycles. The highest BCUT2D eigenvalue weighted by molar-refractivity contribution is 5.43. The summed E-state index contributed by atoms with van der Waals surface area (Å²) < 4.78 is 0. The SMILES string of the molecule is CN(CC1CCCC1)CC1(c2ccc(N)cc2)CC1. The molecule has 0 atom stereocenters. The van der Waals surface area contributed by atoms with Crippen LogP contribution in [0.4, 0.5) is 5.69 Å². The van der Waals surface area contributed by atoms with Crippen LogP contribution in [0.3, 0.4) is 0 Å². The van der Waals surface area contributed by atoms with Crippen molar-refractivity contribution in [2.75, 3.05) is 25.9 Å². The molecule has 2 nitrogen and oxygen atoms in total. The van der Waals surface area contributed by atoms with Crippen LogP contribution in [0.2, 0.25) is 0 Å². The standard InChI is InChI=1S/C17H26N2/c1-19(12-14-4-2-3-5-14)13-17(10-11-17)15-6-8-16(18)9-7-15/h6-9,14H,2-5,10-13,18H2,1H3. The average Bonchev–Trinajstić information content (AvgIpc) is 2.98. The fourth-order valence-corrected chi connectivity index (χ4v) is 3.74. The van der Waals surface area contributed by atoms with Crippen LogP contribution in [0.5, 0.6) is 0 Å². The maximum atomic E-state index is 5.79. The van der Waals surface area contributed by atoms with E-state index in [1.54, 1.807) is 0 Å². The van der Waals surface area contributed by atoms with Gasteiger partial charge in [0.2, 0.25) is 0 Å². The van der Waals surface area contributed by atoms with Gasteiger partial charge in [0, 0.05) is 24.2 Å². The minimum Gasteiger partial charge on any atom is -0.399 e. The van der Waals surface area contributed by atoms with Crippen molar-refractivity contribution in [1.82, 2.24) is 4.90 Å². The summed E-state index contributed by atoms with van der Waals surface area (Å²) in [4.78, 5) is 2.57. The van der Waals surface area contributed by atoms with E-state index in [0.29, 0.717) is 5.41 Å². The first-order valence-corrected chi connectivity index (χ1v) is 7.73. The molecule has 0 aliphatic heterocycles. The van der Waals surface area contributed by atoms with Crippen molar-refractivity contribution in [1.29, 1.82) is 0 Å². The van der Waals surface area contributed by atoms with Crippen LogP contribution in [0.15, 0.2) is 24.3 Å². The van der Waals surface area contributed by atoms with Crippen LogP contribution in [0, 0.1) is 5.92 Å². The molecule has 0 spiro atoms. The topological polar surface area (TPSA) is 29.3 Å². The smallest absolute Gasteiger partial charge is 0.0314 e. The fraction of sp³-hybridized carbons (Fsp3) is 0.647. The lowest BCUT2D eigenvalue weighted by Gasteiger charge is -2.26. The lowest BCUT2D eigenvalue weighted by molar-refractivity contribution is 0.256. The summed E-state index contributed by atoms with van der Waals surface area (Å²) in [5, 5.41) is 0. The molecule has 1 aromatic rings. The van der Waals surface area contributed by atoms with Gasteiger partial charge in [-0.1, -0.05) is 25.0 Å². The van der Waals surface area contributed by atoms with Gasteiger partial charge in [-0.15, -0.1) is 0 Å². The summed E-state index contributed by atoms with van der Waals surface area (Å²) in [7, 11) is 2.30. The highest BCUT2D eigenvalue weighted by Crippen LogP contribution is 2.48. The Balaban J connectivity index is 1.60. The van der Waals surface area contributed by atoms with Crippen LogP contribution in [0.25, 0.3) is 0 Å². The minimum absolute atomic E-state index is 0.432. The monoisotopic (exact) mass is 258 g/mol. The van der Waals surface area contributed by atoms with E-state index in [2.05, 4.69) is 24.1 Å². The van der Waals surface area contributed by atoms with Gasteiger partial charge >= 0.3 is 0 Å². The Morgan fingerprint density at radius 2 is 1.79 bits per heavy atom. The highest BCUT2D eigenvalue weighted by Gasteiger charge is 2.44. The van der Waals surface area contributed by atoms with Crippen LogP contribution in [-0.4, -0.2) is 25.0 Å². The normalized spacial score (nSPS) is 22.0. The number of nitrogens with zero attached hydrogens (tertiary/aromatic N) is 1. The summed E-state index contributed by atoms with van der Waals surface area (Å²) in [5.74, 6) is 0.951. The zero-order chi connectivity index (χ0) is 13.3. The first-order valence-electron chi connectivity index (χ1n) is 7.73. The number of hydrogen-bond donors (Lipinski definition) is 1. The van der Waals surface area contributed by atoms with Gasteiger partial charge in [-0.05, 0) is 56.3 Å². The average molecular weight is 258 g/mol. The molecular formula is C17H26N2. The molecule has 1 aromatic carbocycles. The van der Waals surface area contributed by atoms with Crippen molar-refractivity contribution in [3.05, 3.63) is 29.8 Å². The second-order valence-electron chi connectivity index (χ2n) is 6.75. The number of hydrogen-bond acceptors (Lipinski definition) is 2. The van der Waals surface area contributed by atoms with Crippen molar-refractivity contribution >= 4 is 5.69 Å². The maximum absolute atomic E-state index is 5.79. The summed E-state index contributed by atoms with van der Waals surface area (Å²) in [6, 6.07) is 8.55. The van der Waals surface area contributed by atoms with Gasteiger partial charge in [0.15, 0.2) is 0 Å². The first kappa shape index (κ1) is 13.0. The molecule has 19 heavy (non-hydrogen) atoms. The van der Waals surface area contributed by atoms with Crippen LogP contribution >= 0.6 is 0 Å². The van der Waals surface area contributed by atoms with Gasteiger partial charge in [-0.25, -0.2) is 0 Å². The fourth-order valence-electron chi connectivity index (χ4n) is 3.74.